The van der Waals surface area contributed by atoms with E-state index in [1.807, 2.05) is 0 Å². The Morgan fingerprint density at radius 3 is 0.962 bits per heavy atom. The minimum atomic E-state index is -1.73. The number of hydrogen-bond acceptors (Lipinski definition) is 22. The molecule has 15 atom stereocenters. The summed E-state index contributed by atoms with van der Waals surface area (Å²) < 4.78 is 19.6. The quantitative estimate of drug-likeness (QED) is 0.0818. The second-order valence-electron chi connectivity index (χ2n) is 13.1. The molecule has 0 amide bonds. The second kappa shape index (κ2) is 16.0. The van der Waals surface area contributed by atoms with E-state index in [1.54, 1.807) is 4.90 Å². The number of hydrogen-bond donors (Lipinski definition) is 12. The van der Waals surface area contributed by atoms with Crippen molar-refractivity contribution in [3.63, 3.8) is 0 Å². The molecule has 3 fully saturated rings. The average Bonchev–Trinajstić information content (AvgIpc) is 3.87. The van der Waals surface area contributed by atoms with Crippen LogP contribution in [0.25, 0.3) is 0 Å². The standard InChI is InChI=1S/C27H42N10O15/c38-16-13(50-25(47)22(44)19(16)41)7-35-4-10(28-31-35)1-34(2-11-5-36(32-29-11)8-14-17(39)20(42)23(45)26(48)51-14)3-12-6-37(33-30-12)9-15-18(40)21(43)24(46)27(49)52-15/h4-6,13-27,38-49H,1-3,7-9H2/t13?,14?,15?,16-,17-,18-,19-,20?,21?,22?,23-,24-,25?,26?,27?/m0/s1. The van der Waals surface area contributed by atoms with E-state index in [9.17, 15) is 61.3 Å². The van der Waals surface area contributed by atoms with Gasteiger partial charge in [0.15, 0.2) is 18.9 Å². The largest absolute Gasteiger partial charge is 0.388 e. The summed E-state index contributed by atoms with van der Waals surface area (Å²) in [5, 5.41) is 145. The van der Waals surface area contributed by atoms with E-state index in [-0.39, 0.29) is 39.3 Å². The van der Waals surface area contributed by atoms with Crippen LogP contribution in [0.5, 0.6) is 0 Å². The lowest BCUT2D eigenvalue weighted by molar-refractivity contribution is -0.284. The van der Waals surface area contributed by atoms with E-state index < -0.39 is 92.1 Å². The minimum Gasteiger partial charge on any atom is -0.388 e. The van der Waals surface area contributed by atoms with E-state index in [0.717, 1.165) is 0 Å². The predicted molar refractivity (Wildman–Crippen MR) is 160 cm³/mol. The highest BCUT2D eigenvalue weighted by Crippen LogP contribution is 2.24. The molecule has 0 aromatic carbocycles. The zero-order valence-electron chi connectivity index (χ0n) is 27.2. The Morgan fingerprint density at radius 1 is 0.423 bits per heavy atom. The van der Waals surface area contributed by atoms with Crippen molar-refractivity contribution in [1.29, 1.82) is 0 Å². The van der Waals surface area contributed by atoms with Crippen LogP contribution < -0.4 is 0 Å². The van der Waals surface area contributed by atoms with Gasteiger partial charge in [-0.25, -0.2) is 14.0 Å². The van der Waals surface area contributed by atoms with Gasteiger partial charge in [-0.05, 0) is 0 Å². The highest BCUT2D eigenvalue weighted by atomic mass is 16.6. The molecular formula is C27H42N10O15. The van der Waals surface area contributed by atoms with Crippen molar-refractivity contribution in [2.75, 3.05) is 0 Å². The number of ether oxygens (including phenoxy) is 3. The second-order valence-corrected chi connectivity index (χ2v) is 13.1. The molecule has 3 aliphatic heterocycles. The first kappa shape index (κ1) is 38.5. The molecule has 0 saturated carbocycles. The first-order chi connectivity index (χ1) is 24.7. The van der Waals surface area contributed by atoms with Crippen molar-refractivity contribution < 1.29 is 75.5 Å². The monoisotopic (exact) mass is 746 g/mol. The van der Waals surface area contributed by atoms with Crippen molar-refractivity contribution in [1.82, 2.24) is 49.9 Å². The SMILES string of the molecule is OC1OC(Cn2cc(CN(Cc3cn(CC4OC(O)[C@@H](O)C(O)[C@H]4O)nn3)Cc3cn(CC4OC(O)[C@@H](O)C(O)[C@H]4O)nn3)nn2)[C@H](O)[C@H](O)C1O. The summed E-state index contributed by atoms with van der Waals surface area (Å²) in [6, 6.07) is 0. The lowest BCUT2D eigenvalue weighted by Gasteiger charge is -2.38. The molecule has 12 N–H and O–H groups in total. The molecule has 0 radical (unpaired) electrons. The van der Waals surface area contributed by atoms with Crippen LogP contribution in [-0.4, -0.2) is 203 Å². The van der Waals surface area contributed by atoms with Crippen molar-refractivity contribution >= 4 is 0 Å². The maximum absolute atomic E-state index is 10.3. The van der Waals surface area contributed by atoms with Gasteiger partial charge in [-0.1, -0.05) is 15.6 Å². The molecule has 6 rings (SSSR count). The molecular weight excluding hydrogens is 704 g/mol. The Morgan fingerprint density at radius 2 is 0.692 bits per heavy atom. The van der Waals surface area contributed by atoms with Crippen molar-refractivity contribution in [3.05, 3.63) is 35.7 Å². The fraction of sp³-hybridized carbons (Fsp3) is 0.778. The van der Waals surface area contributed by atoms with E-state index in [0.29, 0.717) is 17.1 Å². The maximum Gasteiger partial charge on any atom is 0.184 e. The molecule has 6 heterocycles. The van der Waals surface area contributed by atoms with Gasteiger partial charge in [0.2, 0.25) is 0 Å². The van der Waals surface area contributed by atoms with E-state index in [4.69, 9.17) is 14.2 Å². The van der Waals surface area contributed by atoms with Gasteiger partial charge >= 0.3 is 0 Å². The van der Waals surface area contributed by atoms with Gasteiger partial charge in [-0.2, -0.15) is 0 Å². The van der Waals surface area contributed by atoms with Gasteiger partial charge in [0, 0.05) is 38.2 Å². The van der Waals surface area contributed by atoms with Crippen LogP contribution in [0.4, 0.5) is 0 Å². The third-order valence-corrected chi connectivity index (χ3v) is 9.08. The molecule has 25 heteroatoms. The van der Waals surface area contributed by atoms with E-state index in [1.165, 1.54) is 32.6 Å². The fourth-order valence-corrected chi connectivity index (χ4v) is 6.15. The molecule has 290 valence electrons. The lowest BCUT2D eigenvalue weighted by atomic mass is 9.99. The number of nitrogens with zero attached hydrogens (tertiary/aromatic N) is 10. The van der Waals surface area contributed by atoms with Crippen LogP contribution in [0, 0.1) is 0 Å². The number of aliphatic hydroxyl groups is 12. The summed E-state index contributed by atoms with van der Waals surface area (Å²) in [5.41, 5.74) is 1.23. The smallest absolute Gasteiger partial charge is 0.184 e. The molecule has 3 aromatic heterocycles. The maximum atomic E-state index is 10.3. The van der Waals surface area contributed by atoms with E-state index in [2.05, 4.69) is 30.9 Å². The number of aromatic nitrogens is 9. The Bertz CT molecular complexity index is 1420. The van der Waals surface area contributed by atoms with Gasteiger partial charge < -0.3 is 75.5 Å². The summed E-state index contributed by atoms with van der Waals surface area (Å²) in [4.78, 5) is 1.80. The van der Waals surface area contributed by atoms with Gasteiger partial charge in [0.25, 0.3) is 0 Å². The Balaban J connectivity index is 1.15. The van der Waals surface area contributed by atoms with E-state index >= 15 is 0 Å². The van der Waals surface area contributed by atoms with Crippen molar-refractivity contribution in [2.24, 2.45) is 0 Å². The Hall–Kier alpha value is -3.22. The summed E-state index contributed by atoms with van der Waals surface area (Å²) in [6.07, 6.45) is -18.6. The molecule has 0 spiro atoms. The molecule has 0 aliphatic carbocycles. The first-order valence-corrected chi connectivity index (χ1v) is 16.2. The third-order valence-electron chi connectivity index (χ3n) is 9.08. The van der Waals surface area contributed by atoms with Crippen LogP contribution in [0.1, 0.15) is 17.1 Å². The Kier molecular flexibility index (Phi) is 11.9. The van der Waals surface area contributed by atoms with Crippen molar-refractivity contribution in [2.45, 2.75) is 131 Å². The topological polar surface area (TPSA) is 366 Å². The predicted octanol–water partition coefficient (Wildman–Crippen LogP) is -8.94. The lowest BCUT2D eigenvalue weighted by Crippen LogP contribution is -2.58. The molecule has 0 bridgehead atoms. The third kappa shape index (κ3) is 8.44. The van der Waals surface area contributed by atoms with Gasteiger partial charge in [-0.3, -0.25) is 4.90 Å². The van der Waals surface area contributed by atoms with Crippen LogP contribution >= 0.6 is 0 Å². The van der Waals surface area contributed by atoms with Gasteiger partial charge in [0.1, 0.15) is 73.2 Å². The number of rotatable bonds is 12. The summed E-state index contributed by atoms with van der Waals surface area (Å²) in [7, 11) is 0. The molecule has 9 unspecified atom stereocenters. The molecule has 3 aromatic rings. The normalized spacial score (nSPS) is 38.6. The van der Waals surface area contributed by atoms with Gasteiger partial charge in [-0.15, -0.1) is 15.3 Å². The number of aliphatic hydroxyl groups excluding tert-OH is 12. The van der Waals surface area contributed by atoms with Crippen molar-refractivity contribution in [3.8, 4) is 0 Å². The van der Waals surface area contributed by atoms with Crippen LogP contribution in [0.2, 0.25) is 0 Å². The van der Waals surface area contributed by atoms with Crippen LogP contribution in [0.3, 0.4) is 0 Å². The van der Waals surface area contributed by atoms with Crippen LogP contribution in [-0.2, 0) is 53.5 Å². The first-order valence-electron chi connectivity index (χ1n) is 16.2. The zero-order chi connectivity index (χ0) is 37.4. The zero-order valence-corrected chi connectivity index (χ0v) is 27.2. The highest BCUT2D eigenvalue weighted by molar-refractivity contribution is 5.01. The molecule has 25 nitrogen and oxygen atoms in total. The highest BCUT2D eigenvalue weighted by Gasteiger charge is 2.45. The molecule has 52 heavy (non-hydrogen) atoms. The van der Waals surface area contributed by atoms with Gasteiger partial charge in [0.05, 0.1) is 36.7 Å². The molecule has 3 saturated heterocycles. The van der Waals surface area contributed by atoms with Crippen LogP contribution in [0.15, 0.2) is 18.6 Å². The fourth-order valence-electron chi connectivity index (χ4n) is 6.15. The minimum absolute atomic E-state index is 0.110. The summed E-state index contributed by atoms with van der Waals surface area (Å²) in [5.74, 6) is 0. The Labute approximate surface area is 292 Å². The molecule has 3 aliphatic rings. The summed E-state index contributed by atoms with van der Waals surface area (Å²) in [6.45, 7) is -0.0777. The average molecular weight is 747 g/mol. The summed E-state index contributed by atoms with van der Waals surface area (Å²) >= 11 is 0.